The van der Waals surface area contributed by atoms with Gasteiger partial charge in [0.15, 0.2) is 5.69 Å². The number of pyridine rings is 1. The predicted octanol–water partition coefficient (Wildman–Crippen LogP) is 5.07. The molecule has 0 aliphatic heterocycles. The number of aromatic nitrogens is 1. The molecule has 3 aromatic rings. The third-order valence-electron chi connectivity index (χ3n) is 4.38. The van der Waals surface area contributed by atoms with Crippen molar-refractivity contribution in [3.63, 3.8) is 0 Å². The van der Waals surface area contributed by atoms with Crippen LogP contribution in [0.25, 0.3) is 22.0 Å². The summed E-state index contributed by atoms with van der Waals surface area (Å²) < 4.78 is 26.7. The lowest BCUT2D eigenvalue weighted by atomic mass is 9.94. The van der Waals surface area contributed by atoms with Gasteiger partial charge in [0.2, 0.25) is 5.69 Å². The van der Waals surface area contributed by atoms with E-state index in [9.17, 15) is 0 Å². The highest BCUT2D eigenvalue weighted by Crippen LogP contribution is 2.30. The van der Waals surface area contributed by atoms with Crippen molar-refractivity contribution in [2.24, 2.45) is 7.05 Å². The normalized spacial score (nSPS) is 13.3. The molecule has 2 aromatic carbocycles. The average Bonchev–Trinajstić information content (AvgIpc) is 2.56. The number of hydrogen-bond acceptors (Lipinski definition) is 0. The van der Waals surface area contributed by atoms with E-state index < -0.39 is 0 Å². The molecule has 0 radical (unpaired) electrons. The number of nitrogens with zero attached hydrogens (tertiary/aromatic N) is 1. The molecule has 0 saturated carbocycles. The summed E-state index contributed by atoms with van der Waals surface area (Å²) in [6.45, 7) is 8.20. The van der Waals surface area contributed by atoms with E-state index >= 15 is 0 Å². The summed E-state index contributed by atoms with van der Waals surface area (Å²) in [6, 6.07) is 10.9. The van der Waals surface area contributed by atoms with Crippen molar-refractivity contribution in [3.05, 3.63) is 65.3 Å². The first-order valence-electron chi connectivity index (χ1n) is 9.23. The summed E-state index contributed by atoms with van der Waals surface area (Å²) in [5, 5.41) is 1.92. The van der Waals surface area contributed by atoms with Crippen LogP contribution in [0.4, 0.5) is 0 Å². The summed E-state index contributed by atoms with van der Waals surface area (Å²) in [7, 11) is 1.96. The number of rotatable bonds is 2. The zero-order valence-corrected chi connectivity index (χ0v) is 13.9. The maximum absolute atomic E-state index is 8.51. The van der Waals surface area contributed by atoms with E-state index in [-0.39, 0.29) is 0 Å². The van der Waals surface area contributed by atoms with E-state index in [4.69, 9.17) is 4.11 Å². The first kappa shape index (κ1) is 11.4. The quantitative estimate of drug-likeness (QED) is 0.581. The molecule has 22 heavy (non-hydrogen) atoms. The topological polar surface area (TPSA) is 3.88 Å². The molecule has 3 rings (SSSR count). The van der Waals surface area contributed by atoms with Crippen molar-refractivity contribution in [2.75, 3.05) is 0 Å². The van der Waals surface area contributed by atoms with Crippen LogP contribution in [0, 0.1) is 13.8 Å². The Morgan fingerprint density at radius 3 is 2.64 bits per heavy atom. The molecule has 0 bridgehead atoms. The van der Waals surface area contributed by atoms with Crippen molar-refractivity contribution in [2.45, 2.75) is 33.6 Å². The number of benzene rings is 2. The molecule has 0 aliphatic rings. The van der Waals surface area contributed by atoms with E-state index in [2.05, 4.69) is 26.0 Å². The Kier molecular flexibility index (Phi) is 2.89. The van der Waals surface area contributed by atoms with Crippen molar-refractivity contribution < 1.29 is 8.68 Å². The number of fused-ring (bicyclic) bond motifs is 1. The minimum Gasteiger partial charge on any atom is -0.198 e. The molecule has 112 valence electrons. The van der Waals surface area contributed by atoms with Gasteiger partial charge in [-0.25, -0.2) is 0 Å². The fourth-order valence-electron chi connectivity index (χ4n) is 2.89. The highest BCUT2D eigenvalue weighted by Gasteiger charge is 2.19. The monoisotopic (exact) mass is 293 g/mol. The van der Waals surface area contributed by atoms with Gasteiger partial charge in [0.1, 0.15) is 7.05 Å². The molecule has 0 fully saturated rings. The van der Waals surface area contributed by atoms with Crippen LogP contribution in [-0.2, 0) is 7.05 Å². The van der Waals surface area contributed by atoms with Gasteiger partial charge in [0, 0.05) is 18.5 Å². The lowest BCUT2D eigenvalue weighted by molar-refractivity contribution is -0.665. The highest BCUT2D eigenvalue weighted by molar-refractivity contribution is 5.94. The first-order valence-corrected chi connectivity index (χ1v) is 7.73. The second-order valence-corrected chi connectivity index (χ2v) is 6.22. The van der Waals surface area contributed by atoms with E-state index in [1.807, 2.05) is 37.6 Å². The van der Waals surface area contributed by atoms with Gasteiger partial charge in [-0.3, -0.25) is 0 Å². The van der Waals surface area contributed by atoms with Crippen LogP contribution in [-0.4, -0.2) is 0 Å². The van der Waals surface area contributed by atoms with Gasteiger partial charge < -0.3 is 0 Å². The minimum absolute atomic E-state index is 0.339. The van der Waals surface area contributed by atoms with Crippen LogP contribution in [0.3, 0.4) is 0 Å². The highest BCUT2D eigenvalue weighted by atomic mass is 14.9. The lowest BCUT2D eigenvalue weighted by Crippen LogP contribution is -2.35. The van der Waals surface area contributed by atoms with Crippen LogP contribution in [0.5, 0.6) is 0 Å². The Morgan fingerprint density at radius 2 is 1.91 bits per heavy atom. The Balaban J connectivity index is 2.51. The van der Waals surface area contributed by atoms with Gasteiger partial charge in [-0.15, -0.1) is 0 Å². The van der Waals surface area contributed by atoms with Crippen molar-refractivity contribution in [1.82, 2.24) is 0 Å². The van der Waals surface area contributed by atoms with Crippen LogP contribution in [0.2, 0.25) is 0 Å². The minimum atomic E-state index is 0.339. The molecular formula is C21H24N+. The molecule has 0 N–H and O–H groups in total. The second kappa shape index (κ2) is 5.57. The van der Waals surface area contributed by atoms with Gasteiger partial charge in [-0.2, -0.15) is 4.57 Å². The molecule has 0 aliphatic carbocycles. The summed E-state index contributed by atoms with van der Waals surface area (Å²) >= 11 is 0. The Bertz CT molecular complexity index is 991. The SMILES string of the molecule is [2H]c1cc([2H])c(C)c(-c2c3cc(C(C)C)ccc3c([2H])c(C)[n+]2C)c1. The van der Waals surface area contributed by atoms with Gasteiger partial charge in [-0.05, 0) is 41.5 Å². The van der Waals surface area contributed by atoms with Gasteiger partial charge in [0.05, 0.1) is 9.50 Å². The van der Waals surface area contributed by atoms with Crippen molar-refractivity contribution in [1.29, 1.82) is 0 Å². The molecule has 0 saturated heterocycles. The average molecular weight is 293 g/mol. The lowest BCUT2D eigenvalue weighted by Gasteiger charge is -2.12. The largest absolute Gasteiger partial charge is 0.220 e. The van der Waals surface area contributed by atoms with Crippen molar-refractivity contribution >= 4 is 10.8 Å². The van der Waals surface area contributed by atoms with Crippen LogP contribution < -0.4 is 4.57 Å². The molecule has 0 unspecified atom stereocenters. The maximum atomic E-state index is 8.51. The molecule has 1 nitrogen and oxygen atoms in total. The first-order chi connectivity index (χ1) is 11.7. The Labute approximate surface area is 137 Å². The molecular weight excluding hydrogens is 266 g/mol. The summed E-state index contributed by atoms with van der Waals surface area (Å²) in [5.74, 6) is 0.397. The Hall–Kier alpha value is -2.15. The molecule has 1 heterocycles. The third kappa shape index (κ3) is 2.41. The van der Waals surface area contributed by atoms with E-state index in [0.29, 0.717) is 24.0 Å². The zero-order chi connectivity index (χ0) is 18.5. The molecule has 1 heteroatoms. The van der Waals surface area contributed by atoms with Crippen LogP contribution >= 0.6 is 0 Å². The van der Waals surface area contributed by atoms with E-state index in [1.165, 1.54) is 5.56 Å². The summed E-state index contributed by atoms with van der Waals surface area (Å²) in [6.07, 6.45) is 0. The summed E-state index contributed by atoms with van der Waals surface area (Å²) in [5.41, 5.74) is 4.84. The van der Waals surface area contributed by atoms with E-state index in [1.54, 1.807) is 6.07 Å². The van der Waals surface area contributed by atoms with Crippen LogP contribution in [0.1, 0.15) is 40.7 Å². The van der Waals surface area contributed by atoms with Crippen LogP contribution in [0.15, 0.2) is 48.5 Å². The van der Waals surface area contributed by atoms with Crippen molar-refractivity contribution in [3.8, 4) is 11.3 Å². The fraction of sp³-hybridized carbons (Fsp3) is 0.286. The molecule has 0 atom stereocenters. The smallest absolute Gasteiger partial charge is 0.198 e. The zero-order valence-electron chi connectivity index (χ0n) is 16.9. The number of hydrogen-bond donors (Lipinski definition) is 0. The van der Waals surface area contributed by atoms with Gasteiger partial charge in [0.25, 0.3) is 0 Å². The molecule has 1 aromatic heterocycles. The van der Waals surface area contributed by atoms with Gasteiger partial charge in [-0.1, -0.05) is 44.1 Å². The van der Waals surface area contributed by atoms with E-state index in [0.717, 1.165) is 33.3 Å². The fourth-order valence-corrected chi connectivity index (χ4v) is 2.89. The molecule has 0 spiro atoms. The standard InChI is InChI=1S/C21H24N/c1-14(2)17-10-11-18-12-16(4)22(5)21(20(18)13-17)19-9-7-6-8-15(19)3/h6-14H,1-5H3/q+1/i7D,8D,12D. The molecule has 0 amide bonds. The predicted molar refractivity (Wildman–Crippen MR) is 94.1 cm³/mol. The Morgan fingerprint density at radius 1 is 1.14 bits per heavy atom. The maximum Gasteiger partial charge on any atom is 0.220 e. The summed E-state index contributed by atoms with van der Waals surface area (Å²) in [4.78, 5) is 0. The second-order valence-electron chi connectivity index (χ2n) is 6.22. The van der Waals surface area contributed by atoms with Gasteiger partial charge >= 0.3 is 0 Å². The third-order valence-corrected chi connectivity index (χ3v) is 4.38.